The van der Waals surface area contributed by atoms with Gasteiger partial charge in [-0.15, -0.1) is 0 Å². The van der Waals surface area contributed by atoms with E-state index < -0.39 is 21.0 Å². The highest BCUT2D eigenvalue weighted by Gasteiger charge is 2.58. The molecule has 3 atom stereocenters. The summed E-state index contributed by atoms with van der Waals surface area (Å²) >= 11 is 5.79. The molecule has 0 saturated heterocycles. The first-order valence-electron chi connectivity index (χ1n) is 6.55. The van der Waals surface area contributed by atoms with E-state index in [0.29, 0.717) is 5.02 Å². The first-order valence-corrected chi connectivity index (χ1v) is 8.48. The van der Waals surface area contributed by atoms with Gasteiger partial charge in [0.2, 0.25) is 0 Å². The molecule has 0 unspecified atom stereocenters. The predicted octanol–water partition coefficient (Wildman–Crippen LogP) is 3.09. The monoisotopic (exact) mass is 320 g/mol. The maximum atomic E-state index is 12.7. The van der Waals surface area contributed by atoms with Crippen molar-refractivity contribution in [1.82, 2.24) is 0 Å². The van der Waals surface area contributed by atoms with Crippen molar-refractivity contribution in [2.24, 2.45) is 5.92 Å². The van der Waals surface area contributed by atoms with Crippen LogP contribution in [0, 0.1) is 5.92 Å². The highest BCUT2D eigenvalue weighted by molar-refractivity contribution is 7.92. The molecule has 1 aliphatic carbocycles. The topological polar surface area (TPSA) is 51.2 Å². The summed E-state index contributed by atoms with van der Waals surface area (Å²) in [5, 5.41) is -0.199. The lowest BCUT2D eigenvalue weighted by atomic mass is 10.1. The van der Waals surface area contributed by atoms with Crippen LogP contribution in [0.15, 0.2) is 59.5 Å². The number of aldehydes is 1. The molecule has 5 heteroatoms. The van der Waals surface area contributed by atoms with Gasteiger partial charge in [-0.05, 0) is 29.8 Å². The molecule has 1 fully saturated rings. The van der Waals surface area contributed by atoms with Crippen LogP contribution < -0.4 is 0 Å². The largest absolute Gasteiger partial charge is 0.303 e. The lowest BCUT2D eigenvalue weighted by Gasteiger charge is -2.04. The van der Waals surface area contributed by atoms with Gasteiger partial charge < -0.3 is 4.79 Å². The maximum absolute atomic E-state index is 12.7. The maximum Gasteiger partial charge on any atom is 0.182 e. The molecule has 0 amide bonds. The van der Waals surface area contributed by atoms with Gasteiger partial charge in [0.15, 0.2) is 9.84 Å². The average molecular weight is 321 g/mol. The molecule has 0 N–H and O–H groups in total. The molecule has 0 aromatic heterocycles. The van der Waals surface area contributed by atoms with Crippen molar-refractivity contribution in [3.63, 3.8) is 0 Å². The summed E-state index contributed by atoms with van der Waals surface area (Å²) < 4.78 is 25.3. The number of carbonyl (C=O) groups excluding carboxylic acids is 1. The highest BCUT2D eigenvalue weighted by atomic mass is 35.5. The minimum absolute atomic E-state index is 0.210. The second kappa shape index (κ2) is 5.28. The zero-order chi connectivity index (χ0) is 15.0. The Morgan fingerprint density at radius 3 is 2.14 bits per heavy atom. The first-order chi connectivity index (χ1) is 10.1. The van der Waals surface area contributed by atoms with Gasteiger partial charge in [0, 0.05) is 16.9 Å². The molecule has 1 saturated carbocycles. The summed E-state index contributed by atoms with van der Waals surface area (Å²) in [6, 6.07) is 15.3. The summed E-state index contributed by atoms with van der Waals surface area (Å²) in [5.74, 6) is -0.738. The molecule has 0 spiro atoms. The van der Waals surface area contributed by atoms with E-state index in [0.717, 1.165) is 11.8 Å². The van der Waals surface area contributed by atoms with Crippen molar-refractivity contribution in [3.05, 3.63) is 65.2 Å². The van der Waals surface area contributed by atoms with E-state index in [1.165, 1.54) is 12.1 Å². The third kappa shape index (κ3) is 2.49. The van der Waals surface area contributed by atoms with Gasteiger partial charge in [0.05, 0.1) is 10.1 Å². The molecule has 3 rings (SSSR count). The van der Waals surface area contributed by atoms with Crippen LogP contribution in [0.3, 0.4) is 0 Å². The standard InChI is InChI=1S/C16H13ClO3S/c17-12-6-8-13(9-7-12)21(19,20)16-14(10-18)15(16)11-4-2-1-3-5-11/h1-10,14-16H/t14-,15-,16-/m1/s1. The van der Waals surface area contributed by atoms with Gasteiger partial charge in [-0.25, -0.2) is 8.42 Å². The van der Waals surface area contributed by atoms with Gasteiger partial charge >= 0.3 is 0 Å². The second-order valence-electron chi connectivity index (χ2n) is 5.11. The third-order valence-electron chi connectivity index (χ3n) is 3.85. The highest BCUT2D eigenvalue weighted by Crippen LogP contribution is 2.52. The number of sulfone groups is 1. The molecule has 0 bridgehead atoms. The van der Waals surface area contributed by atoms with Crippen molar-refractivity contribution < 1.29 is 13.2 Å². The Balaban J connectivity index is 1.96. The summed E-state index contributed by atoms with van der Waals surface area (Å²) in [6.07, 6.45) is 0.746. The van der Waals surface area contributed by atoms with E-state index in [4.69, 9.17) is 11.6 Å². The van der Waals surface area contributed by atoms with Crippen molar-refractivity contribution in [2.75, 3.05) is 0 Å². The smallest absolute Gasteiger partial charge is 0.182 e. The summed E-state index contributed by atoms with van der Waals surface area (Å²) in [7, 11) is -3.53. The Hall–Kier alpha value is -1.65. The Bertz CT molecular complexity index is 754. The normalized spacial score (nSPS) is 24.5. The van der Waals surface area contributed by atoms with Gasteiger partial charge in [-0.3, -0.25) is 0 Å². The van der Waals surface area contributed by atoms with Crippen molar-refractivity contribution in [3.8, 4) is 0 Å². The number of rotatable bonds is 4. The predicted molar refractivity (Wildman–Crippen MR) is 81.2 cm³/mol. The van der Waals surface area contributed by atoms with Crippen LogP contribution in [0.2, 0.25) is 5.02 Å². The van der Waals surface area contributed by atoms with E-state index in [-0.39, 0.29) is 10.8 Å². The lowest BCUT2D eigenvalue weighted by molar-refractivity contribution is -0.108. The van der Waals surface area contributed by atoms with E-state index in [9.17, 15) is 13.2 Å². The fourth-order valence-corrected chi connectivity index (χ4v) is 4.97. The van der Waals surface area contributed by atoms with Crippen LogP contribution in [0.5, 0.6) is 0 Å². The van der Waals surface area contributed by atoms with Gasteiger partial charge in [0.1, 0.15) is 6.29 Å². The summed E-state index contributed by atoms with van der Waals surface area (Å²) in [4.78, 5) is 11.4. The van der Waals surface area contributed by atoms with Gasteiger partial charge in [-0.1, -0.05) is 41.9 Å². The Kier molecular flexibility index (Phi) is 3.59. The summed E-state index contributed by atoms with van der Waals surface area (Å²) in [6.45, 7) is 0. The second-order valence-corrected chi connectivity index (χ2v) is 7.66. The summed E-state index contributed by atoms with van der Waals surface area (Å²) in [5.41, 5.74) is 0.886. The number of hydrogen-bond donors (Lipinski definition) is 0. The number of halogens is 1. The molecule has 0 heterocycles. The molecule has 21 heavy (non-hydrogen) atoms. The van der Waals surface area contributed by atoms with Crippen LogP contribution in [0.4, 0.5) is 0 Å². The van der Waals surface area contributed by atoms with Gasteiger partial charge in [0.25, 0.3) is 0 Å². The Morgan fingerprint density at radius 1 is 0.952 bits per heavy atom. The van der Waals surface area contributed by atoms with Crippen molar-refractivity contribution in [2.45, 2.75) is 16.1 Å². The van der Waals surface area contributed by atoms with Crippen LogP contribution in [-0.2, 0) is 14.6 Å². The molecule has 1 aliphatic rings. The van der Waals surface area contributed by atoms with Crippen molar-refractivity contribution in [1.29, 1.82) is 0 Å². The molecule has 0 aliphatic heterocycles. The SMILES string of the molecule is O=C[C@@H]1[C@@H](c2ccccc2)[C@@H]1S(=O)(=O)c1ccc(Cl)cc1. The van der Waals surface area contributed by atoms with Crippen molar-refractivity contribution >= 4 is 27.7 Å². The Morgan fingerprint density at radius 2 is 1.57 bits per heavy atom. The van der Waals surface area contributed by atoms with Crippen LogP contribution in [-0.4, -0.2) is 20.0 Å². The van der Waals surface area contributed by atoms with Crippen LogP contribution >= 0.6 is 11.6 Å². The fourth-order valence-electron chi connectivity index (χ4n) is 2.74. The molecule has 2 aromatic rings. The minimum Gasteiger partial charge on any atom is -0.303 e. The molecule has 2 aromatic carbocycles. The van der Waals surface area contributed by atoms with E-state index >= 15 is 0 Å². The zero-order valence-electron chi connectivity index (χ0n) is 11.0. The Labute approximate surface area is 128 Å². The molecule has 108 valence electrons. The number of hydrogen-bond acceptors (Lipinski definition) is 3. The molecular weight excluding hydrogens is 308 g/mol. The van der Waals surface area contributed by atoms with Crippen LogP contribution in [0.1, 0.15) is 11.5 Å². The van der Waals surface area contributed by atoms with Crippen LogP contribution in [0.25, 0.3) is 0 Å². The minimum atomic E-state index is -3.53. The number of benzene rings is 2. The lowest BCUT2D eigenvalue weighted by Crippen LogP contribution is -2.10. The molecule has 3 nitrogen and oxygen atoms in total. The zero-order valence-corrected chi connectivity index (χ0v) is 12.6. The molecular formula is C16H13ClO3S. The first kappa shape index (κ1) is 14.3. The van der Waals surface area contributed by atoms with E-state index in [1.54, 1.807) is 12.1 Å². The van der Waals surface area contributed by atoms with E-state index in [1.807, 2.05) is 30.3 Å². The average Bonchev–Trinajstić information content (AvgIpc) is 3.24. The van der Waals surface area contributed by atoms with E-state index in [2.05, 4.69) is 0 Å². The molecule has 0 radical (unpaired) electrons. The third-order valence-corrected chi connectivity index (χ3v) is 6.35. The number of carbonyl (C=O) groups is 1. The quantitative estimate of drug-likeness (QED) is 0.813. The fraction of sp³-hybridized carbons (Fsp3) is 0.188. The van der Waals surface area contributed by atoms with Gasteiger partial charge in [-0.2, -0.15) is 0 Å².